The predicted molar refractivity (Wildman–Crippen MR) is 75.6 cm³/mol. The third-order valence-electron chi connectivity index (χ3n) is 4.80. The summed E-state index contributed by atoms with van der Waals surface area (Å²) >= 11 is 0. The Bertz CT molecular complexity index is 326. The zero-order chi connectivity index (χ0) is 12.3. The summed E-state index contributed by atoms with van der Waals surface area (Å²) in [6.07, 6.45) is 11.7. The lowest BCUT2D eigenvalue weighted by molar-refractivity contribution is 0.243. The maximum Gasteiger partial charge on any atom is 0.0389 e. The molecule has 1 spiro atoms. The lowest BCUT2D eigenvalue weighted by Gasteiger charge is -2.44. The SMILES string of the molecule is CCCCC1=NCCC[C@@]12CCC(C)=C[C@H]2C. The van der Waals surface area contributed by atoms with Gasteiger partial charge in [0.05, 0.1) is 0 Å². The Balaban J connectivity index is 2.21. The maximum absolute atomic E-state index is 4.91. The highest BCUT2D eigenvalue weighted by Crippen LogP contribution is 2.47. The summed E-state index contributed by atoms with van der Waals surface area (Å²) in [4.78, 5) is 4.91. The summed E-state index contributed by atoms with van der Waals surface area (Å²) in [5, 5.41) is 0. The van der Waals surface area contributed by atoms with Gasteiger partial charge in [-0.2, -0.15) is 0 Å². The lowest BCUT2D eigenvalue weighted by atomic mass is 9.61. The monoisotopic (exact) mass is 233 g/mol. The summed E-state index contributed by atoms with van der Waals surface area (Å²) in [5.74, 6) is 0.701. The highest BCUT2D eigenvalue weighted by atomic mass is 14.8. The smallest absolute Gasteiger partial charge is 0.0389 e. The van der Waals surface area contributed by atoms with E-state index in [-0.39, 0.29) is 0 Å². The van der Waals surface area contributed by atoms with Crippen LogP contribution in [-0.2, 0) is 0 Å². The Morgan fingerprint density at radius 3 is 2.94 bits per heavy atom. The van der Waals surface area contributed by atoms with E-state index in [1.165, 1.54) is 44.9 Å². The van der Waals surface area contributed by atoms with E-state index in [1.54, 1.807) is 11.3 Å². The van der Waals surface area contributed by atoms with Gasteiger partial charge in [0.1, 0.15) is 0 Å². The first-order valence-electron chi connectivity index (χ1n) is 7.40. The Morgan fingerprint density at radius 2 is 2.24 bits per heavy atom. The van der Waals surface area contributed by atoms with Gasteiger partial charge in [0.25, 0.3) is 0 Å². The normalized spacial score (nSPS) is 33.5. The molecule has 2 aliphatic rings. The molecule has 2 rings (SSSR count). The molecule has 0 aromatic heterocycles. The lowest BCUT2D eigenvalue weighted by Crippen LogP contribution is -2.41. The minimum Gasteiger partial charge on any atom is -0.294 e. The zero-order valence-corrected chi connectivity index (χ0v) is 11.8. The zero-order valence-electron chi connectivity index (χ0n) is 11.8. The minimum atomic E-state index is 0.437. The number of hydrogen-bond donors (Lipinski definition) is 0. The number of allylic oxidation sites excluding steroid dienone is 2. The Morgan fingerprint density at radius 1 is 1.41 bits per heavy atom. The first-order chi connectivity index (χ1) is 8.19. The molecule has 1 heteroatoms. The largest absolute Gasteiger partial charge is 0.294 e. The van der Waals surface area contributed by atoms with Crippen molar-refractivity contribution >= 4 is 5.71 Å². The molecule has 2 atom stereocenters. The summed E-state index contributed by atoms with van der Waals surface area (Å²) < 4.78 is 0. The quantitative estimate of drug-likeness (QED) is 0.622. The highest BCUT2D eigenvalue weighted by molar-refractivity contribution is 5.91. The van der Waals surface area contributed by atoms with Gasteiger partial charge in [-0.25, -0.2) is 0 Å². The minimum absolute atomic E-state index is 0.437. The van der Waals surface area contributed by atoms with Crippen molar-refractivity contribution < 1.29 is 0 Å². The number of hydrogen-bond acceptors (Lipinski definition) is 1. The Hall–Kier alpha value is -0.590. The summed E-state index contributed by atoms with van der Waals surface area (Å²) in [6.45, 7) is 8.06. The Labute approximate surface area is 106 Å². The van der Waals surface area contributed by atoms with Crippen LogP contribution >= 0.6 is 0 Å². The summed E-state index contributed by atoms with van der Waals surface area (Å²) in [6, 6.07) is 0. The molecule has 0 N–H and O–H groups in total. The van der Waals surface area contributed by atoms with E-state index in [1.807, 2.05) is 0 Å². The third-order valence-corrected chi connectivity index (χ3v) is 4.80. The molecule has 1 aliphatic heterocycles. The number of aliphatic imine (C=N–C) groups is 1. The molecule has 0 unspecified atom stereocenters. The molecule has 0 bridgehead atoms. The first-order valence-corrected chi connectivity index (χ1v) is 7.40. The molecule has 17 heavy (non-hydrogen) atoms. The van der Waals surface area contributed by atoms with Crippen molar-refractivity contribution in [1.82, 2.24) is 0 Å². The van der Waals surface area contributed by atoms with Crippen LogP contribution in [0.5, 0.6) is 0 Å². The van der Waals surface area contributed by atoms with Gasteiger partial charge in [0, 0.05) is 17.7 Å². The van der Waals surface area contributed by atoms with Gasteiger partial charge in [-0.1, -0.05) is 31.9 Å². The van der Waals surface area contributed by atoms with Crippen LogP contribution in [-0.4, -0.2) is 12.3 Å². The van der Waals surface area contributed by atoms with E-state index >= 15 is 0 Å². The van der Waals surface area contributed by atoms with E-state index < -0.39 is 0 Å². The molecule has 0 saturated carbocycles. The van der Waals surface area contributed by atoms with Crippen molar-refractivity contribution in [3.63, 3.8) is 0 Å². The third kappa shape index (κ3) is 2.48. The van der Waals surface area contributed by atoms with Crippen molar-refractivity contribution in [3.8, 4) is 0 Å². The van der Waals surface area contributed by atoms with Gasteiger partial charge in [0.2, 0.25) is 0 Å². The molecule has 96 valence electrons. The van der Waals surface area contributed by atoms with Gasteiger partial charge < -0.3 is 0 Å². The fraction of sp³-hybridized carbons (Fsp3) is 0.812. The van der Waals surface area contributed by atoms with Crippen molar-refractivity contribution in [1.29, 1.82) is 0 Å². The van der Waals surface area contributed by atoms with E-state index in [0.717, 1.165) is 6.54 Å². The molecule has 0 aromatic carbocycles. The topological polar surface area (TPSA) is 12.4 Å². The fourth-order valence-electron chi connectivity index (χ4n) is 3.66. The average molecular weight is 233 g/mol. The highest BCUT2D eigenvalue weighted by Gasteiger charge is 2.41. The van der Waals surface area contributed by atoms with Gasteiger partial charge >= 0.3 is 0 Å². The summed E-state index contributed by atoms with van der Waals surface area (Å²) in [7, 11) is 0. The molecular weight excluding hydrogens is 206 g/mol. The second kappa shape index (κ2) is 5.37. The van der Waals surface area contributed by atoms with Crippen LogP contribution in [0.15, 0.2) is 16.6 Å². The second-order valence-electron chi connectivity index (χ2n) is 5.99. The van der Waals surface area contributed by atoms with E-state index in [9.17, 15) is 0 Å². The second-order valence-corrected chi connectivity index (χ2v) is 5.99. The molecule has 0 amide bonds. The fourth-order valence-corrected chi connectivity index (χ4v) is 3.66. The van der Waals surface area contributed by atoms with Crippen LogP contribution in [0.3, 0.4) is 0 Å². The van der Waals surface area contributed by atoms with Crippen LogP contribution in [0.4, 0.5) is 0 Å². The molecule has 0 fully saturated rings. The Kier molecular flexibility index (Phi) is 4.06. The van der Waals surface area contributed by atoms with Gasteiger partial charge in [-0.05, 0) is 51.4 Å². The van der Waals surface area contributed by atoms with Gasteiger partial charge in [-0.3, -0.25) is 4.99 Å². The van der Waals surface area contributed by atoms with Crippen LogP contribution in [0, 0.1) is 11.3 Å². The predicted octanol–water partition coefficient (Wildman–Crippen LogP) is 4.77. The molecule has 1 heterocycles. The van der Waals surface area contributed by atoms with Gasteiger partial charge in [-0.15, -0.1) is 0 Å². The van der Waals surface area contributed by atoms with Crippen LogP contribution in [0.25, 0.3) is 0 Å². The summed E-state index contributed by atoms with van der Waals surface area (Å²) in [5.41, 5.74) is 3.58. The maximum atomic E-state index is 4.91. The van der Waals surface area contributed by atoms with E-state index in [0.29, 0.717) is 11.3 Å². The van der Waals surface area contributed by atoms with Crippen molar-refractivity contribution in [2.24, 2.45) is 16.3 Å². The molecule has 1 aliphatic carbocycles. The van der Waals surface area contributed by atoms with Crippen molar-refractivity contribution in [2.45, 2.75) is 65.7 Å². The van der Waals surface area contributed by atoms with E-state index in [4.69, 9.17) is 4.99 Å². The van der Waals surface area contributed by atoms with Crippen molar-refractivity contribution in [3.05, 3.63) is 11.6 Å². The average Bonchev–Trinajstić information content (AvgIpc) is 2.33. The number of rotatable bonds is 3. The van der Waals surface area contributed by atoms with Crippen LogP contribution in [0.1, 0.15) is 65.7 Å². The van der Waals surface area contributed by atoms with E-state index in [2.05, 4.69) is 26.8 Å². The molecule has 1 nitrogen and oxygen atoms in total. The molecule has 0 aromatic rings. The standard InChI is InChI=1S/C16H27N/c1-4-5-7-15-16(9-6-11-17-15)10-8-13(2)12-14(16)3/h12,14H,4-11H2,1-3H3/t14-,16+/m1/s1. The van der Waals surface area contributed by atoms with Crippen LogP contribution < -0.4 is 0 Å². The number of unbranched alkanes of at least 4 members (excludes halogenated alkanes) is 1. The van der Waals surface area contributed by atoms with Gasteiger partial charge in [0.15, 0.2) is 0 Å². The first kappa shape index (κ1) is 12.9. The van der Waals surface area contributed by atoms with Crippen LogP contribution in [0.2, 0.25) is 0 Å². The molecule has 0 radical (unpaired) electrons. The number of nitrogens with zero attached hydrogens (tertiary/aromatic N) is 1. The molecule has 0 saturated heterocycles. The van der Waals surface area contributed by atoms with Crippen molar-refractivity contribution in [2.75, 3.05) is 6.54 Å². The molecular formula is C16H27N.